The first kappa shape index (κ1) is 21.0. The van der Waals surface area contributed by atoms with E-state index in [0.29, 0.717) is 12.3 Å². The molecule has 0 aliphatic heterocycles. The van der Waals surface area contributed by atoms with Crippen LogP contribution in [0, 0.1) is 0 Å². The number of nitrogens with two attached hydrogens (primary N) is 1. The largest absolute Gasteiger partial charge is 0.483 e. The van der Waals surface area contributed by atoms with Gasteiger partial charge in [-0.25, -0.2) is 0 Å². The Kier molecular flexibility index (Phi) is 7.85. The summed E-state index contributed by atoms with van der Waals surface area (Å²) in [4.78, 5) is 25.5. The molecule has 0 saturated carbocycles. The number of rotatable bonds is 9. The van der Waals surface area contributed by atoms with Gasteiger partial charge in [0.25, 0.3) is 5.91 Å². The molecule has 0 aliphatic carbocycles. The van der Waals surface area contributed by atoms with E-state index in [0.717, 1.165) is 15.6 Å². The number of carbonyl (C=O) groups excluding carboxylic acids is 2. The van der Waals surface area contributed by atoms with E-state index >= 15 is 0 Å². The van der Waals surface area contributed by atoms with Crippen LogP contribution in [0.4, 0.5) is 0 Å². The molecule has 2 aromatic carbocycles. The molecular formula is C21H25BrN2O3. The second-order valence-corrected chi connectivity index (χ2v) is 7.56. The highest BCUT2D eigenvalue weighted by Crippen LogP contribution is 2.29. The maximum Gasteiger partial charge on any atom is 0.260 e. The average Bonchev–Trinajstić information content (AvgIpc) is 2.64. The Bertz CT molecular complexity index is 778. The van der Waals surface area contributed by atoms with Crippen LogP contribution in [0.1, 0.15) is 37.3 Å². The van der Waals surface area contributed by atoms with Crippen LogP contribution < -0.4 is 10.5 Å². The van der Waals surface area contributed by atoms with Crippen molar-refractivity contribution in [1.29, 1.82) is 0 Å². The minimum absolute atomic E-state index is 0.0903. The highest BCUT2D eigenvalue weighted by molar-refractivity contribution is 9.10. The van der Waals surface area contributed by atoms with Crippen LogP contribution in [0.2, 0.25) is 0 Å². The van der Waals surface area contributed by atoms with E-state index in [1.54, 1.807) is 4.90 Å². The minimum atomic E-state index is -0.434. The lowest BCUT2D eigenvalue weighted by atomic mass is 10.0. The molecule has 27 heavy (non-hydrogen) atoms. The van der Waals surface area contributed by atoms with Gasteiger partial charge in [-0.1, -0.05) is 60.1 Å². The Morgan fingerprint density at radius 2 is 1.85 bits per heavy atom. The Labute approximate surface area is 168 Å². The van der Waals surface area contributed by atoms with E-state index in [1.807, 2.05) is 48.5 Å². The van der Waals surface area contributed by atoms with Crippen LogP contribution in [0.5, 0.6) is 5.75 Å². The number of halogens is 1. The molecule has 0 spiro atoms. The first-order valence-corrected chi connectivity index (χ1v) is 9.68. The van der Waals surface area contributed by atoms with Gasteiger partial charge in [-0.05, 0) is 35.2 Å². The maximum atomic E-state index is 12.7. The summed E-state index contributed by atoms with van der Waals surface area (Å²) in [5.41, 5.74) is 7.27. The topological polar surface area (TPSA) is 72.6 Å². The molecule has 0 radical (unpaired) electrons. The van der Waals surface area contributed by atoms with E-state index < -0.39 is 5.91 Å². The van der Waals surface area contributed by atoms with Gasteiger partial charge in [0.2, 0.25) is 5.91 Å². The minimum Gasteiger partial charge on any atom is -0.483 e. The van der Waals surface area contributed by atoms with Gasteiger partial charge in [0.05, 0.1) is 0 Å². The summed E-state index contributed by atoms with van der Waals surface area (Å²) >= 11 is 3.46. The molecule has 144 valence electrons. The second kappa shape index (κ2) is 10.1. The van der Waals surface area contributed by atoms with Crippen molar-refractivity contribution in [2.75, 3.05) is 13.2 Å². The lowest BCUT2D eigenvalue weighted by Gasteiger charge is -2.23. The lowest BCUT2D eigenvalue weighted by molar-refractivity contribution is -0.134. The van der Waals surface area contributed by atoms with Gasteiger partial charge in [-0.2, -0.15) is 0 Å². The predicted molar refractivity (Wildman–Crippen MR) is 109 cm³/mol. The summed E-state index contributed by atoms with van der Waals surface area (Å²) in [7, 11) is 0. The lowest BCUT2D eigenvalue weighted by Crippen LogP contribution is -2.36. The summed E-state index contributed by atoms with van der Waals surface area (Å²) in [6.07, 6.45) is 0.119. The van der Waals surface area contributed by atoms with Gasteiger partial charge >= 0.3 is 0 Å². The average molecular weight is 433 g/mol. The third-order valence-corrected chi connectivity index (χ3v) is 4.64. The normalized spacial score (nSPS) is 10.7. The quantitative estimate of drug-likeness (QED) is 0.653. The summed E-state index contributed by atoms with van der Waals surface area (Å²) in [6.45, 7) is 4.74. The summed E-state index contributed by atoms with van der Waals surface area (Å²) in [5, 5.41) is 0. The SMILES string of the molecule is CC(C)c1cc(Br)ccc1OCC(=O)N(CCC(N)=O)Cc1ccccc1. The Balaban J connectivity index is 2.07. The molecular weight excluding hydrogens is 408 g/mol. The first-order valence-electron chi connectivity index (χ1n) is 8.89. The number of carbonyl (C=O) groups is 2. The molecule has 0 aromatic heterocycles. The number of hydrogen-bond donors (Lipinski definition) is 1. The van der Waals surface area contributed by atoms with Crippen molar-refractivity contribution in [3.8, 4) is 5.75 Å². The number of ether oxygens (including phenoxy) is 1. The molecule has 0 heterocycles. The van der Waals surface area contributed by atoms with Gasteiger partial charge in [-0.15, -0.1) is 0 Å². The maximum absolute atomic E-state index is 12.7. The van der Waals surface area contributed by atoms with Crippen LogP contribution in [-0.4, -0.2) is 29.9 Å². The fourth-order valence-electron chi connectivity index (χ4n) is 2.67. The van der Waals surface area contributed by atoms with E-state index in [1.165, 1.54) is 0 Å². The molecule has 0 aliphatic rings. The van der Waals surface area contributed by atoms with Crippen molar-refractivity contribution >= 4 is 27.7 Å². The molecule has 2 N–H and O–H groups in total. The fraction of sp³-hybridized carbons (Fsp3) is 0.333. The van der Waals surface area contributed by atoms with Gasteiger partial charge in [0.15, 0.2) is 6.61 Å². The zero-order valence-corrected chi connectivity index (χ0v) is 17.2. The zero-order valence-electron chi connectivity index (χ0n) is 15.7. The van der Waals surface area contributed by atoms with Crippen molar-refractivity contribution in [3.63, 3.8) is 0 Å². The molecule has 2 aromatic rings. The molecule has 6 heteroatoms. The monoisotopic (exact) mass is 432 g/mol. The highest BCUT2D eigenvalue weighted by Gasteiger charge is 2.17. The van der Waals surface area contributed by atoms with Crippen molar-refractivity contribution in [1.82, 2.24) is 4.90 Å². The van der Waals surface area contributed by atoms with Gasteiger partial charge in [0.1, 0.15) is 5.75 Å². The molecule has 0 fully saturated rings. The second-order valence-electron chi connectivity index (χ2n) is 6.64. The van der Waals surface area contributed by atoms with E-state index in [4.69, 9.17) is 10.5 Å². The van der Waals surface area contributed by atoms with Gasteiger partial charge in [-0.3, -0.25) is 9.59 Å². The molecule has 0 unspecified atom stereocenters. The predicted octanol–water partition coefficient (Wildman–Crippen LogP) is 3.86. The third kappa shape index (κ3) is 6.71. The molecule has 0 saturated heterocycles. The molecule has 5 nitrogen and oxygen atoms in total. The number of nitrogens with zero attached hydrogens (tertiary/aromatic N) is 1. The van der Waals surface area contributed by atoms with E-state index in [9.17, 15) is 9.59 Å². The van der Waals surface area contributed by atoms with Crippen LogP contribution in [0.3, 0.4) is 0 Å². The van der Waals surface area contributed by atoms with Crippen LogP contribution in [0.15, 0.2) is 53.0 Å². The Hall–Kier alpha value is -2.34. The van der Waals surface area contributed by atoms with E-state index in [-0.39, 0.29) is 31.4 Å². The van der Waals surface area contributed by atoms with Gasteiger partial charge in [0, 0.05) is 24.0 Å². The third-order valence-electron chi connectivity index (χ3n) is 4.14. The first-order chi connectivity index (χ1) is 12.9. The highest BCUT2D eigenvalue weighted by atomic mass is 79.9. The van der Waals surface area contributed by atoms with Gasteiger partial charge < -0.3 is 15.4 Å². The molecule has 0 bridgehead atoms. The summed E-state index contributed by atoms with van der Waals surface area (Å²) < 4.78 is 6.78. The Morgan fingerprint density at radius 3 is 2.48 bits per heavy atom. The number of hydrogen-bond acceptors (Lipinski definition) is 3. The molecule has 2 amide bonds. The molecule has 0 atom stereocenters. The Morgan fingerprint density at radius 1 is 1.15 bits per heavy atom. The van der Waals surface area contributed by atoms with Crippen molar-refractivity contribution in [3.05, 3.63) is 64.1 Å². The van der Waals surface area contributed by atoms with Crippen molar-refractivity contribution in [2.24, 2.45) is 5.73 Å². The summed E-state index contributed by atoms with van der Waals surface area (Å²) in [6, 6.07) is 15.4. The van der Waals surface area contributed by atoms with Crippen molar-refractivity contribution < 1.29 is 14.3 Å². The fourth-order valence-corrected chi connectivity index (χ4v) is 3.05. The number of amides is 2. The zero-order chi connectivity index (χ0) is 19.8. The van der Waals surface area contributed by atoms with Crippen molar-refractivity contribution in [2.45, 2.75) is 32.7 Å². The number of primary amides is 1. The summed E-state index contributed by atoms with van der Waals surface area (Å²) in [5.74, 6) is 0.341. The standard InChI is InChI=1S/C21H25BrN2O3/c1-15(2)18-12-17(22)8-9-19(18)27-14-21(26)24(11-10-20(23)25)13-16-6-4-3-5-7-16/h3-9,12,15H,10-11,13-14H2,1-2H3,(H2,23,25). The van der Waals surface area contributed by atoms with Crippen LogP contribution in [0.25, 0.3) is 0 Å². The van der Waals surface area contributed by atoms with Crippen LogP contribution >= 0.6 is 15.9 Å². The number of benzene rings is 2. The van der Waals surface area contributed by atoms with Crippen LogP contribution in [-0.2, 0) is 16.1 Å². The molecule has 2 rings (SSSR count). The van der Waals surface area contributed by atoms with E-state index in [2.05, 4.69) is 29.8 Å². The smallest absolute Gasteiger partial charge is 0.260 e.